The van der Waals surface area contributed by atoms with E-state index >= 15 is 0 Å². The number of phenolic OH excluding ortho intramolecular Hbond substituents is 1. The smallest absolute Gasteiger partial charge is 0.503 e. The minimum Gasteiger partial charge on any atom is -0.503 e. The highest BCUT2D eigenvalue weighted by Crippen LogP contribution is 2.52. The fourth-order valence-electron chi connectivity index (χ4n) is 5.07. The first-order valence-corrected chi connectivity index (χ1v) is 12.4. The Balaban J connectivity index is 1.57. The Kier molecular flexibility index (Phi) is 8.22. The number of hydrogen-bond acceptors (Lipinski definition) is 8. The van der Waals surface area contributed by atoms with Crippen LogP contribution in [-0.2, 0) is 24.4 Å². The molecule has 3 unspecified atom stereocenters. The first-order valence-electron chi connectivity index (χ1n) is 11.0. The van der Waals surface area contributed by atoms with Crippen molar-refractivity contribution in [3.8, 4) is 11.5 Å². The van der Waals surface area contributed by atoms with Gasteiger partial charge in [-0.15, -0.1) is 0 Å². The molecule has 3 atom stereocenters. The van der Waals surface area contributed by atoms with Crippen LogP contribution < -0.4 is 4.74 Å². The maximum atomic E-state index is 13.7. The second-order valence-corrected chi connectivity index (χ2v) is 10.7. The molecule has 2 saturated carbocycles. The van der Waals surface area contributed by atoms with Crippen molar-refractivity contribution in [3.05, 3.63) is 23.3 Å². The molecule has 208 valence electrons. The highest BCUT2D eigenvalue weighted by Gasteiger charge is 2.55. The lowest BCUT2D eigenvalue weighted by Gasteiger charge is -2.48. The van der Waals surface area contributed by atoms with Crippen molar-refractivity contribution in [2.45, 2.75) is 50.2 Å². The summed E-state index contributed by atoms with van der Waals surface area (Å²) in [6.45, 7) is -0.886. The van der Waals surface area contributed by atoms with Crippen molar-refractivity contribution in [1.29, 1.82) is 0 Å². The molecule has 0 amide bonds. The number of hydrogen-bond donors (Lipinski definition) is 2. The summed E-state index contributed by atoms with van der Waals surface area (Å²) in [4.78, 5) is 23.4. The number of carbonyl (C=O) groups excluding carboxylic acids is 2. The Morgan fingerprint density at radius 2 is 1.65 bits per heavy atom. The molecule has 1 aromatic rings. The third-order valence-electron chi connectivity index (χ3n) is 6.63. The highest BCUT2D eigenvalue weighted by molar-refractivity contribution is 7.87. The van der Waals surface area contributed by atoms with Crippen LogP contribution in [0.25, 0.3) is 0 Å². The van der Waals surface area contributed by atoms with Gasteiger partial charge < -0.3 is 19.3 Å². The molecule has 2 fully saturated rings. The number of ether oxygens (including phenoxy) is 3. The van der Waals surface area contributed by atoms with Gasteiger partial charge in [0, 0.05) is 5.41 Å². The van der Waals surface area contributed by atoms with E-state index in [9.17, 15) is 44.3 Å². The number of halogens is 6. The lowest BCUT2D eigenvalue weighted by Crippen LogP contribution is -2.44. The molecule has 0 spiro atoms. The van der Waals surface area contributed by atoms with Gasteiger partial charge in [0.2, 0.25) is 29.0 Å². The van der Waals surface area contributed by atoms with Crippen molar-refractivity contribution in [2.75, 3.05) is 13.2 Å². The number of carbonyl (C=O) groups is 2. The van der Waals surface area contributed by atoms with Gasteiger partial charge in [0.05, 0.1) is 13.2 Å². The summed E-state index contributed by atoms with van der Waals surface area (Å²) >= 11 is 0. The van der Waals surface area contributed by atoms with E-state index in [1.807, 2.05) is 0 Å². The molecule has 0 aliphatic heterocycles. The van der Waals surface area contributed by atoms with Crippen LogP contribution in [-0.4, -0.2) is 48.7 Å². The molecule has 0 radical (unpaired) electrons. The van der Waals surface area contributed by atoms with Crippen molar-refractivity contribution in [1.82, 2.24) is 0 Å². The Morgan fingerprint density at radius 1 is 1.03 bits per heavy atom. The molecule has 2 aliphatic rings. The largest absolute Gasteiger partial charge is 0.514 e. The first-order chi connectivity index (χ1) is 17.1. The SMILES string of the molecule is O=C(OCCC1CC2CCCC(COC(=O)C(F)(F)S(=O)(=O)O)(C2)C1)Oc1c(F)c(F)c(O)c(F)c1F. The van der Waals surface area contributed by atoms with Gasteiger partial charge >= 0.3 is 27.5 Å². The molecule has 2 aliphatic carbocycles. The summed E-state index contributed by atoms with van der Waals surface area (Å²) in [5, 5.41) is 3.82. The Morgan fingerprint density at radius 3 is 2.24 bits per heavy atom. The number of aromatic hydroxyl groups is 1. The summed E-state index contributed by atoms with van der Waals surface area (Å²) in [7, 11) is -6.01. The van der Waals surface area contributed by atoms with Crippen molar-refractivity contribution in [3.63, 3.8) is 0 Å². The maximum absolute atomic E-state index is 13.7. The zero-order valence-electron chi connectivity index (χ0n) is 18.9. The average Bonchev–Trinajstić information content (AvgIpc) is 2.81. The standard InChI is InChI=1S/C21H22F6O9S/c22-12-14(24)17(15(25)13(23)16(12)28)36-19(30)34-5-3-11-6-10-2-1-4-20(7-10,8-11)9-35-18(29)21(26,27)37(31,32)33/h10-11,28H,1-9H2,(H,31,32,33). The highest BCUT2D eigenvalue weighted by atomic mass is 32.2. The fraction of sp³-hybridized carbons (Fsp3) is 0.619. The van der Waals surface area contributed by atoms with Gasteiger partial charge in [-0.05, 0) is 43.9 Å². The molecule has 0 saturated heterocycles. The van der Waals surface area contributed by atoms with Gasteiger partial charge in [0.1, 0.15) is 0 Å². The summed E-state index contributed by atoms with van der Waals surface area (Å²) < 4.78 is 125. The minimum absolute atomic E-state index is 0.103. The zero-order chi connectivity index (χ0) is 27.8. The van der Waals surface area contributed by atoms with Gasteiger partial charge in [-0.2, -0.15) is 34.8 Å². The van der Waals surface area contributed by atoms with Gasteiger partial charge in [-0.3, -0.25) is 4.55 Å². The summed E-state index contributed by atoms with van der Waals surface area (Å²) in [5.74, 6) is -14.8. The van der Waals surface area contributed by atoms with Gasteiger partial charge in [-0.1, -0.05) is 12.8 Å². The number of alkyl halides is 2. The monoisotopic (exact) mass is 564 g/mol. The Labute approximate surface area is 206 Å². The average molecular weight is 564 g/mol. The second-order valence-electron chi connectivity index (χ2n) is 9.26. The molecule has 0 heterocycles. The van der Waals surface area contributed by atoms with Gasteiger partial charge in [0.15, 0.2) is 5.75 Å². The normalized spacial score (nSPS) is 23.9. The van der Waals surface area contributed by atoms with Crippen LogP contribution in [0.5, 0.6) is 11.5 Å². The van der Waals surface area contributed by atoms with Crippen molar-refractivity contribution < 1.29 is 68.2 Å². The molecule has 3 rings (SSSR count). The number of fused-ring (bicyclic) bond motifs is 2. The molecule has 1 aromatic carbocycles. The number of rotatable bonds is 8. The predicted molar refractivity (Wildman–Crippen MR) is 109 cm³/mol. The topological polar surface area (TPSA) is 136 Å². The predicted octanol–water partition coefficient (Wildman–Crippen LogP) is 4.46. The van der Waals surface area contributed by atoms with Crippen LogP contribution >= 0.6 is 0 Å². The van der Waals surface area contributed by atoms with Crippen LogP contribution in [0.1, 0.15) is 44.9 Å². The molecular formula is C21H22F6O9S. The maximum Gasteiger partial charge on any atom is 0.514 e. The van der Waals surface area contributed by atoms with Crippen LogP contribution in [0.2, 0.25) is 0 Å². The molecule has 0 aromatic heterocycles. The van der Waals surface area contributed by atoms with Crippen molar-refractivity contribution >= 4 is 22.2 Å². The van der Waals surface area contributed by atoms with E-state index in [2.05, 4.69) is 9.47 Å². The lowest BCUT2D eigenvalue weighted by atomic mass is 9.59. The van der Waals surface area contributed by atoms with Crippen LogP contribution in [0, 0.1) is 40.5 Å². The van der Waals surface area contributed by atoms with Crippen molar-refractivity contribution in [2.24, 2.45) is 17.3 Å². The Bertz CT molecular complexity index is 1150. The third-order valence-corrected chi connectivity index (χ3v) is 7.45. The molecular weight excluding hydrogens is 542 g/mol. The van der Waals surface area contributed by atoms with Crippen LogP contribution in [0.4, 0.5) is 31.1 Å². The number of esters is 1. The molecule has 2 bridgehead atoms. The van der Waals surface area contributed by atoms with E-state index in [-0.39, 0.29) is 24.9 Å². The molecule has 9 nitrogen and oxygen atoms in total. The fourth-order valence-corrected chi connectivity index (χ4v) is 5.33. The van der Waals surface area contributed by atoms with E-state index in [1.165, 1.54) is 0 Å². The van der Waals surface area contributed by atoms with Gasteiger partial charge in [-0.25, -0.2) is 9.59 Å². The van der Waals surface area contributed by atoms with Gasteiger partial charge in [0.25, 0.3) is 0 Å². The third kappa shape index (κ3) is 6.05. The Hall–Kier alpha value is -2.75. The zero-order valence-corrected chi connectivity index (χ0v) is 19.8. The van der Waals surface area contributed by atoms with E-state index < -0.39 is 74.3 Å². The van der Waals surface area contributed by atoms with E-state index in [0.717, 1.165) is 6.42 Å². The quantitative estimate of drug-likeness (QED) is 0.154. The van der Waals surface area contributed by atoms with E-state index in [1.54, 1.807) is 0 Å². The van der Waals surface area contributed by atoms with Crippen LogP contribution in [0.15, 0.2) is 0 Å². The summed E-state index contributed by atoms with van der Waals surface area (Å²) in [6, 6.07) is 0. The van der Waals surface area contributed by atoms with Crippen LogP contribution in [0.3, 0.4) is 0 Å². The van der Waals surface area contributed by atoms with E-state index in [0.29, 0.717) is 32.1 Å². The summed E-state index contributed by atoms with van der Waals surface area (Å²) in [6.07, 6.45) is 1.89. The number of phenols is 1. The number of benzene rings is 1. The molecule has 2 N–H and O–H groups in total. The lowest BCUT2D eigenvalue weighted by molar-refractivity contribution is -0.168. The second kappa shape index (κ2) is 10.6. The molecule has 16 heteroatoms. The summed E-state index contributed by atoms with van der Waals surface area (Å²) in [5.41, 5.74) is -0.759. The minimum atomic E-state index is -6.01. The van der Waals surface area contributed by atoms with E-state index in [4.69, 9.17) is 14.4 Å². The molecule has 37 heavy (non-hydrogen) atoms. The first kappa shape index (κ1) is 28.8.